The van der Waals surface area contributed by atoms with Crippen LogP contribution in [0.2, 0.25) is 0 Å². The third kappa shape index (κ3) is 4.88. The number of alkyl carbamates (subject to hydrolysis) is 1. The summed E-state index contributed by atoms with van der Waals surface area (Å²) in [5.41, 5.74) is 4.05. The number of alkyl halides is 2. The second-order valence-electron chi connectivity index (χ2n) is 8.69. The highest BCUT2D eigenvalue weighted by atomic mass is 19.3. The Balaban J connectivity index is 1.31. The molecule has 0 radical (unpaired) electrons. The zero-order valence-corrected chi connectivity index (χ0v) is 18.4. The number of benzene rings is 2. The van der Waals surface area contributed by atoms with Crippen LogP contribution < -0.4 is 10.6 Å². The van der Waals surface area contributed by atoms with Gasteiger partial charge in [0, 0.05) is 12.0 Å². The molecule has 0 saturated heterocycles. The van der Waals surface area contributed by atoms with Gasteiger partial charge in [0.2, 0.25) is 0 Å². The summed E-state index contributed by atoms with van der Waals surface area (Å²) in [5, 5.41) is 13.4. The number of carboxylic acids is 1. The van der Waals surface area contributed by atoms with Gasteiger partial charge in [-0.1, -0.05) is 61.4 Å². The lowest BCUT2D eigenvalue weighted by molar-refractivity contribution is -0.149. The summed E-state index contributed by atoms with van der Waals surface area (Å²) in [5.74, 6) is -7.76. The van der Waals surface area contributed by atoms with E-state index in [-0.39, 0.29) is 12.5 Å². The molecular formula is C25H26F2N2O5. The molecule has 0 aromatic heterocycles. The Morgan fingerprint density at radius 2 is 1.56 bits per heavy atom. The summed E-state index contributed by atoms with van der Waals surface area (Å²) in [4.78, 5) is 35.6. The predicted octanol–water partition coefficient (Wildman–Crippen LogP) is 3.92. The van der Waals surface area contributed by atoms with Crippen LogP contribution in [0, 0.1) is 5.92 Å². The van der Waals surface area contributed by atoms with Crippen LogP contribution in [0.1, 0.15) is 42.7 Å². The molecule has 9 heteroatoms. The average molecular weight is 472 g/mol. The minimum Gasteiger partial charge on any atom is -0.481 e. The number of aliphatic carboxylic acids is 1. The van der Waals surface area contributed by atoms with Crippen molar-refractivity contribution in [1.29, 1.82) is 0 Å². The van der Waals surface area contributed by atoms with E-state index in [4.69, 9.17) is 4.74 Å². The molecule has 2 aromatic rings. The normalized spacial score (nSPS) is 19.6. The van der Waals surface area contributed by atoms with Crippen LogP contribution in [0.25, 0.3) is 11.1 Å². The smallest absolute Gasteiger partial charge is 0.407 e. The number of carboxylic acid groups (broad SMARTS) is 1. The molecule has 2 amide bonds. The van der Waals surface area contributed by atoms with Crippen LogP contribution in [-0.4, -0.2) is 48.2 Å². The van der Waals surface area contributed by atoms with E-state index >= 15 is 0 Å². The molecule has 1 saturated carbocycles. The summed E-state index contributed by atoms with van der Waals surface area (Å²) in [7, 11) is 0. The number of rotatable bonds is 7. The Bertz CT molecular complexity index is 1040. The van der Waals surface area contributed by atoms with Gasteiger partial charge in [-0.05, 0) is 35.1 Å². The van der Waals surface area contributed by atoms with E-state index in [0.717, 1.165) is 22.3 Å². The highest BCUT2D eigenvalue weighted by Crippen LogP contribution is 2.44. The first-order chi connectivity index (χ1) is 16.3. The van der Waals surface area contributed by atoms with Crippen LogP contribution >= 0.6 is 0 Å². The molecule has 34 heavy (non-hydrogen) atoms. The van der Waals surface area contributed by atoms with Crippen molar-refractivity contribution in [1.82, 2.24) is 10.6 Å². The van der Waals surface area contributed by atoms with Gasteiger partial charge in [-0.3, -0.25) is 9.59 Å². The number of carbonyl (C=O) groups is 3. The van der Waals surface area contributed by atoms with Gasteiger partial charge in [0.05, 0.1) is 12.5 Å². The van der Waals surface area contributed by atoms with Crippen LogP contribution in [-0.2, 0) is 14.3 Å². The second-order valence-corrected chi connectivity index (χ2v) is 8.69. The number of hydrogen-bond donors (Lipinski definition) is 3. The standard InChI is InChI=1S/C25H26F2N2O5/c26-25(27,23(32)29-21-12-6-5-11-19(21)22(30)31)14-28-24(33)34-13-20-17-9-3-1-7-15(17)16-8-2-4-10-18(16)20/h1-4,7-10,19-21H,5-6,11-14H2,(H,28,33)(H,29,32)(H,30,31)/t19-,21+/m1/s1. The molecule has 0 bridgehead atoms. The fourth-order valence-electron chi connectivity index (χ4n) is 4.79. The Kier molecular flexibility index (Phi) is 6.81. The van der Waals surface area contributed by atoms with Crippen LogP contribution in [0.3, 0.4) is 0 Å². The van der Waals surface area contributed by atoms with E-state index in [1.165, 1.54) is 0 Å². The molecule has 2 aromatic carbocycles. The number of hydrogen-bond acceptors (Lipinski definition) is 4. The van der Waals surface area contributed by atoms with Crippen LogP contribution in [0.4, 0.5) is 13.6 Å². The molecule has 2 aliphatic rings. The van der Waals surface area contributed by atoms with Gasteiger partial charge in [0.15, 0.2) is 0 Å². The number of carbonyl (C=O) groups excluding carboxylic acids is 2. The summed E-state index contributed by atoms with van der Waals surface area (Å²) in [6.07, 6.45) is 0.902. The van der Waals surface area contributed by atoms with E-state index in [1.807, 2.05) is 53.8 Å². The first-order valence-corrected chi connectivity index (χ1v) is 11.3. The van der Waals surface area contributed by atoms with E-state index in [2.05, 4.69) is 5.32 Å². The molecule has 0 unspecified atom stereocenters. The average Bonchev–Trinajstić information content (AvgIpc) is 3.15. The maximum Gasteiger partial charge on any atom is 0.407 e. The van der Waals surface area contributed by atoms with Gasteiger partial charge in [0.25, 0.3) is 5.91 Å². The van der Waals surface area contributed by atoms with Gasteiger partial charge < -0.3 is 20.5 Å². The zero-order chi connectivity index (χ0) is 24.3. The van der Waals surface area contributed by atoms with Gasteiger partial charge in [-0.2, -0.15) is 8.78 Å². The molecule has 2 atom stereocenters. The second kappa shape index (κ2) is 9.79. The molecular weight excluding hydrogens is 446 g/mol. The molecule has 0 spiro atoms. The summed E-state index contributed by atoms with van der Waals surface area (Å²) < 4.78 is 34.0. The van der Waals surface area contributed by atoms with Crippen LogP contribution in [0.15, 0.2) is 48.5 Å². The lowest BCUT2D eigenvalue weighted by Crippen LogP contribution is -2.54. The fraction of sp³-hybridized carbons (Fsp3) is 0.400. The van der Waals surface area contributed by atoms with Crippen molar-refractivity contribution in [2.45, 2.75) is 43.6 Å². The Morgan fingerprint density at radius 3 is 2.18 bits per heavy atom. The first-order valence-electron chi connectivity index (χ1n) is 11.3. The highest BCUT2D eigenvalue weighted by molar-refractivity contribution is 5.85. The highest BCUT2D eigenvalue weighted by Gasteiger charge is 2.42. The Morgan fingerprint density at radius 1 is 0.971 bits per heavy atom. The molecule has 7 nitrogen and oxygen atoms in total. The van der Waals surface area contributed by atoms with E-state index in [9.17, 15) is 28.3 Å². The lowest BCUT2D eigenvalue weighted by Gasteiger charge is -2.30. The number of halogens is 2. The van der Waals surface area contributed by atoms with Crippen molar-refractivity contribution >= 4 is 18.0 Å². The van der Waals surface area contributed by atoms with Gasteiger partial charge in [-0.15, -0.1) is 0 Å². The minimum atomic E-state index is -3.91. The van der Waals surface area contributed by atoms with Crippen molar-refractivity contribution in [3.63, 3.8) is 0 Å². The molecule has 3 N–H and O–H groups in total. The number of amides is 2. The predicted molar refractivity (Wildman–Crippen MR) is 120 cm³/mol. The van der Waals surface area contributed by atoms with E-state index in [0.29, 0.717) is 25.7 Å². The van der Waals surface area contributed by atoms with Crippen LogP contribution in [0.5, 0.6) is 0 Å². The van der Waals surface area contributed by atoms with E-state index in [1.54, 1.807) is 0 Å². The van der Waals surface area contributed by atoms with E-state index < -0.39 is 42.4 Å². The summed E-state index contributed by atoms with van der Waals surface area (Å²) >= 11 is 0. The molecule has 1 fully saturated rings. The van der Waals surface area contributed by atoms with Crippen molar-refractivity contribution in [3.05, 3.63) is 59.7 Å². The third-order valence-electron chi connectivity index (χ3n) is 6.53. The number of fused-ring (bicyclic) bond motifs is 3. The van der Waals surface area contributed by atoms with Crippen molar-refractivity contribution < 1.29 is 33.0 Å². The monoisotopic (exact) mass is 472 g/mol. The Labute approximate surface area is 195 Å². The molecule has 180 valence electrons. The third-order valence-corrected chi connectivity index (χ3v) is 6.53. The topological polar surface area (TPSA) is 105 Å². The molecule has 0 aliphatic heterocycles. The summed E-state index contributed by atoms with van der Waals surface area (Å²) in [6, 6.07) is 14.6. The fourth-order valence-corrected chi connectivity index (χ4v) is 4.79. The lowest BCUT2D eigenvalue weighted by atomic mass is 9.84. The SMILES string of the molecule is O=C(NCC(F)(F)C(=O)N[C@H]1CCCC[C@H]1C(=O)O)OCC1c2ccccc2-c2ccccc21. The quantitative estimate of drug-likeness (QED) is 0.567. The van der Waals surface area contributed by atoms with Crippen molar-refractivity contribution in [2.75, 3.05) is 13.2 Å². The van der Waals surface area contributed by atoms with Crippen molar-refractivity contribution in [3.8, 4) is 11.1 Å². The van der Waals surface area contributed by atoms with Gasteiger partial charge in [0.1, 0.15) is 6.61 Å². The maximum atomic E-state index is 14.4. The molecule has 2 aliphatic carbocycles. The number of ether oxygens (including phenoxy) is 1. The zero-order valence-electron chi connectivity index (χ0n) is 18.4. The first kappa shape index (κ1) is 23.7. The minimum absolute atomic E-state index is 0.0417. The van der Waals surface area contributed by atoms with Crippen molar-refractivity contribution in [2.24, 2.45) is 5.92 Å². The molecule has 4 rings (SSSR count). The number of nitrogens with one attached hydrogen (secondary N) is 2. The van der Waals surface area contributed by atoms with Gasteiger partial charge in [-0.25, -0.2) is 4.79 Å². The maximum absolute atomic E-state index is 14.4. The summed E-state index contributed by atoms with van der Waals surface area (Å²) in [6.45, 7) is -1.29. The largest absolute Gasteiger partial charge is 0.481 e. The Hall–Kier alpha value is -3.49. The molecule has 0 heterocycles. The van der Waals surface area contributed by atoms with Gasteiger partial charge >= 0.3 is 18.0 Å².